The van der Waals surface area contributed by atoms with Gasteiger partial charge in [0.1, 0.15) is 0 Å². The van der Waals surface area contributed by atoms with Gasteiger partial charge in [0.05, 0.1) is 23.8 Å². The van der Waals surface area contributed by atoms with E-state index in [9.17, 15) is 4.79 Å². The number of hydrogen-bond donors (Lipinski definition) is 1. The summed E-state index contributed by atoms with van der Waals surface area (Å²) in [7, 11) is 0. The van der Waals surface area contributed by atoms with Crippen LogP contribution in [0.4, 0.5) is 0 Å². The SMILES string of the molecule is Cc1ccccc1Cn1c(SCc2ccc(C(=O)NC[C@H](C)c3ccccc3)cc2)nc2ccncc21. The van der Waals surface area contributed by atoms with Crippen molar-refractivity contribution >= 4 is 28.7 Å². The van der Waals surface area contributed by atoms with E-state index in [1.54, 1.807) is 18.0 Å². The predicted molar refractivity (Wildman–Crippen MR) is 151 cm³/mol. The van der Waals surface area contributed by atoms with E-state index in [0.717, 1.165) is 34.1 Å². The second-order valence-corrected chi connectivity index (χ2v) is 10.2. The molecule has 0 saturated carbocycles. The van der Waals surface area contributed by atoms with Crippen LogP contribution < -0.4 is 5.32 Å². The van der Waals surface area contributed by atoms with Crippen LogP contribution in [0.5, 0.6) is 0 Å². The molecule has 3 aromatic carbocycles. The largest absolute Gasteiger partial charge is 0.351 e. The van der Waals surface area contributed by atoms with Gasteiger partial charge < -0.3 is 9.88 Å². The molecular weight excluding hydrogens is 476 g/mol. The number of amides is 1. The van der Waals surface area contributed by atoms with Gasteiger partial charge in [-0.15, -0.1) is 0 Å². The van der Waals surface area contributed by atoms with E-state index in [1.165, 1.54) is 16.7 Å². The van der Waals surface area contributed by atoms with Crippen molar-refractivity contribution in [3.8, 4) is 0 Å². The summed E-state index contributed by atoms with van der Waals surface area (Å²) in [4.78, 5) is 21.9. The number of fused-ring (bicyclic) bond motifs is 1. The maximum atomic E-state index is 12.7. The zero-order valence-corrected chi connectivity index (χ0v) is 21.9. The molecule has 0 aliphatic rings. The number of carbonyl (C=O) groups is 1. The van der Waals surface area contributed by atoms with Gasteiger partial charge in [-0.1, -0.05) is 85.4 Å². The third-order valence-electron chi connectivity index (χ3n) is 6.63. The van der Waals surface area contributed by atoms with Crippen molar-refractivity contribution in [1.29, 1.82) is 0 Å². The van der Waals surface area contributed by atoms with E-state index < -0.39 is 0 Å². The summed E-state index contributed by atoms with van der Waals surface area (Å²) in [5.41, 5.74) is 7.55. The van der Waals surface area contributed by atoms with Gasteiger partial charge in [0.25, 0.3) is 5.91 Å². The number of carbonyl (C=O) groups excluding carboxylic acids is 1. The number of nitrogens with zero attached hydrogens (tertiary/aromatic N) is 3. The molecule has 5 rings (SSSR count). The first-order valence-electron chi connectivity index (χ1n) is 12.5. The van der Waals surface area contributed by atoms with E-state index in [2.05, 4.69) is 65.1 Å². The fraction of sp³-hybridized carbons (Fsp3) is 0.194. The van der Waals surface area contributed by atoms with Crippen LogP contribution in [0.25, 0.3) is 11.0 Å². The van der Waals surface area contributed by atoms with E-state index in [-0.39, 0.29) is 11.8 Å². The van der Waals surface area contributed by atoms with Crippen molar-refractivity contribution in [3.05, 3.63) is 125 Å². The third-order valence-corrected chi connectivity index (χ3v) is 7.67. The lowest BCUT2D eigenvalue weighted by Gasteiger charge is -2.13. The van der Waals surface area contributed by atoms with Gasteiger partial charge in [-0.25, -0.2) is 4.98 Å². The predicted octanol–water partition coefficient (Wildman–Crippen LogP) is 6.61. The number of aryl methyl sites for hydroxylation is 1. The average molecular weight is 507 g/mol. The highest BCUT2D eigenvalue weighted by atomic mass is 32.2. The van der Waals surface area contributed by atoms with E-state index in [4.69, 9.17) is 4.98 Å². The molecule has 1 atom stereocenters. The lowest BCUT2D eigenvalue weighted by atomic mass is 10.0. The average Bonchev–Trinajstić information content (AvgIpc) is 3.29. The highest BCUT2D eigenvalue weighted by Gasteiger charge is 2.14. The smallest absolute Gasteiger partial charge is 0.251 e. The normalized spacial score (nSPS) is 11.9. The first kappa shape index (κ1) is 24.8. The quantitative estimate of drug-likeness (QED) is 0.228. The summed E-state index contributed by atoms with van der Waals surface area (Å²) in [6.45, 7) is 5.61. The second kappa shape index (κ2) is 11.4. The van der Waals surface area contributed by atoms with Crippen molar-refractivity contribution in [2.24, 2.45) is 0 Å². The molecule has 2 aromatic heterocycles. The summed E-state index contributed by atoms with van der Waals surface area (Å²) < 4.78 is 2.24. The minimum atomic E-state index is -0.0468. The Labute approximate surface area is 222 Å². The summed E-state index contributed by atoms with van der Waals surface area (Å²) in [5.74, 6) is 0.974. The molecule has 0 unspecified atom stereocenters. The Morgan fingerprint density at radius 2 is 1.73 bits per heavy atom. The Hall–Kier alpha value is -3.90. The first-order chi connectivity index (χ1) is 18.1. The zero-order chi connectivity index (χ0) is 25.6. The number of hydrogen-bond acceptors (Lipinski definition) is 4. The third kappa shape index (κ3) is 5.92. The van der Waals surface area contributed by atoms with Crippen molar-refractivity contribution in [3.63, 3.8) is 0 Å². The van der Waals surface area contributed by atoms with Crippen LogP contribution in [0.2, 0.25) is 0 Å². The van der Waals surface area contributed by atoms with Crippen molar-refractivity contribution in [1.82, 2.24) is 19.9 Å². The molecule has 0 radical (unpaired) electrons. The minimum absolute atomic E-state index is 0.0468. The number of aromatic nitrogens is 3. The topological polar surface area (TPSA) is 59.8 Å². The molecule has 37 heavy (non-hydrogen) atoms. The van der Waals surface area contributed by atoms with Gasteiger partial charge in [0, 0.05) is 24.1 Å². The molecule has 1 amide bonds. The minimum Gasteiger partial charge on any atom is -0.351 e. The highest BCUT2D eigenvalue weighted by Crippen LogP contribution is 2.28. The van der Waals surface area contributed by atoms with E-state index in [0.29, 0.717) is 12.1 Å². The van der Waals surface area contributed by atoms with Crippen molar-refractivity contribution in [2.75, 3.05) is 6.54 Å². The van der Waals surface area contributed by atoms with Crippen LogP contribution >= 0.6 is 11.8 Å². The van der Waals surface area contributed by atoms with E-state index in [1.807, 2.05) is 54.7 Å². The van der Waals surface area contributed by atoms with Crippen LogP contribution in [-0.4, -0.2) is 27.0 Å². The lowest BCUT2D eigenvalue weighted by molar-refractivity contribution is 0.0951. The number of nitrogens with one attached hydrogen (secondary N) is 1. The van der Waals surface area contributed by atoms with Gasteiger partial charge in [-0.2, -0.15) is 0 Å². The molecule has 5 aromatic rings. The Kier molecular flexibility index (Phi) is 7.66. The summed E-state index contributed by atoms with van der Waals surface area (Å²) in [5, 5.41) is 4.02. The van der Waals surface area contributed by atoms with Crippen molar-refractivity contribution in [2.45, 2.75) is 37.2 Å². The van der Waals surface area contributed by atoms with Crippen LogP contribution in [-0.2, 0) is 12.3 Å². The monoisotopic (exact) mass is 506 g/mol. The summed E-state index contributed by atoms with van der Waals surface area (Å²) in [6.07, 6.45) is 3.67. The molecule has 0 saturated heterocycles. The summed E-state index contributed by atoms with van der Waals surface area (Å²) >= 11 is 1.70. The molecule has 5 nitrogen and oxygen atoms in total. The van der Waals surface area contributed by atoms with Crippen LogP contribution in [0, 0.1) is 6.92 Å². The molecule has 0 fully saturated rings. The molecule has 186 valence electrons. The molecule has 0 bridgehead atoms. The Bertz CT molecular complexity index is 1500. The maximum absolute atomic E-state index is 12.7. The van der Waals surface area contributed by atoms with Gasteiger partial charge in [0.15, 0.2) is 5.16 Å². The fourth-order valence-electron chi connectivity index (χ4n) is 4.32. The number of imidazole rings is 1. The van der Waals surface area contributed by atoms with Crippen LogP contribution in [0.3, 0.4) is 0 Å². The van der Waals surface area contributed by atoms with Gasteiger partial charge in [-0.05, 0) is 53.3 Å². The standard InChI is InChI=1S/C31H30N4OS/c1-22-8-6-7-11-27(22)20-35-29-19-32-17-16-28(29)34-31(35)37-21-24-12-14-26(15-13-24)30(36)33-18-23(2)25-9-4-3-5-10-25/h3-17,19,23H,18,20-21H2,1-2H3,(H,33,36)/t23-/m0/s1. The van der Waals surface area contributed by atoms with Gasteiger partial charge >= 0.3 is 0 Å². The molecule has 6 heteroatoms. The first-order valence-corrected chi connectivity index (χ1v) is 13.5. The second-order valence-electron chi connectivity index (χ2n) is 9.28. The molecule has 0 aliphatic heterocycles. The Balaban J connectivity index is 1.24. The van der Waals surface area contributed by atoms with Crippen LogP contribution in [0.1, 0.15) is 45.5 Å². The summed E-state index contributed by atoms with van der Waals surface area (Å²) in [6, 6.07) is 28.5. The number of pyridine rings is 1. The van der Waals surface area contributed by atoms with Crippen LogP contribution in [0.15, 0.2) is 102 Å². The lowest BCUT2D eigenvalue weighted by Crippen LogP contribution is -2.27. The zero-order valence-electron chi connectivity index (χ0n) is 21.1. The molecule has 1 N–H and O–H groups in total. The van der Waals surface area contributed by atoms with Gasteiger partial charge in [-0.3, -0.25) is 9.78 Å². The Morgan fingerprint density at radius 1 is 0.973 bits per heavy atom. The molecule has 0 spiro atoms. The fourth-order valence-corrected chi connectivity index (χ4v) is 5.29. The number of rotatable bonds is 9. The maximum Gasteiger partial charge on any atom is 0.251 e. The molecular formula is C31H30N4OS. The molecule has 2 heterocycles. The van der Waals surface area contributed by atoms with E-state index >= 15 is 0 Å². The number of benzene rings is 3. The Morgan fingerprint density at radius 3 is 2.51 bits per heavy atom. The van der Waals surface area contributed by atoms with Gasteiger partial charge in [0.2, 0.25) is 0 Å². The molecule has 0 aliphatic carbocycles. The van der Waals surface area contributed by atoms with Crippen molar-refractivity contribution < 1.29 is 4.79 Å². The highest BCUT2D eigenvalue weighted by molar-refractivity contribution is 7.98. The number of thioether (sulfide) groups is 1.